The van der Waals surface area contributed by atoms with E-state index in [9.17, 15) is 18.0 Å². The molecule has 0 saturated carbocycles. The van der Waals surface area contributed by atoms with Gasteiger partial charge in [0.05, 0.1) is 17.5 Å². The highest BCUT2D eigenvalue weighted by atomic mass is 19.4. The average molecular weight is 336 g/mol. The van der Waals surface area contributed by atoms with Crippen LogP contribution in [0, 0.1) is 0 Å². The van der Waals surface area contributed by atoms with Crippen LogP contribution in [0.15, 0.2) is 24.4 Å². The van der Waals surface area contributed by atoms with Gasteiger partial charge in [-0.3, -0.25) is 15.2 Å². The number of halogens is 3. The van der Waals surface area contributed by atoms with E-state index in [1.54, 1.807) is 12.3 Å². The smallest absolute Gasteiger partial charge is 0.336 e. The number of nitrogens with zero attached hydrogens (tertiary/aromatic N) is 2. The van der Waals surface area contributed by atoms with Crippen LogP contribution in [0.2, 0.25) is 0 Å². The van der Waals surface area contributed by atoms with Gasteiger partial charge in [-0.05, 0) is 23.6 Å². The molecule has 2 N–H and O–H groups in total. The average Bonchev–Trinajstić information content (AvgIpc) is 3.15. The van der Waals surface area contributed by atoms with Crippen molar-refractivity contribution in [3.8, 4) is 0 Å². The SMILES string of the molecule is O=C(C1NCc2[nH]ncc21)N1CCc2cccc(C(F)(F)F)c2C1. The minimum Gasteiger partial charge on any atom is -0.336 e. The highest BCUT2D eigenvalue weighted by molar-refractivity contribution is 5.84. The van der Waals surface area contributed by atoms with Gasteiger partial charge in [0.2, 0.25) is 5.91 Å². The molecule has 4 rings (SSSR count). The summed E-state index contributed by atoms with van der Waals surface area (Å²) in [5, 5.41) is 9.82. The van der Waals surface area contributed by atoms with E-state index in [0.717, 1.165) is 17.3 Å². The predicted octanol–water partition coefficient (Wildman–Crippen LogP) is 2.16. The summed E-state index contributed by atoms with van der Waals surface area (Å²) < 4.78 is 39.7. The Hall–Kier alpha value is -2.35. The molecule has 0 spiro atoms. The van der Waals surface area contributed by atoms with Crippen LogP contribution < -0.4 is 5.32 Å². The molecule has 3 heterocycles. The number of aromatic amines is 1. The first kappa shape index (κ1) is 15.2. The molecule has 1 aromatic carbocycles. The van der Waals surface area contributed by atoms with Crippen LogP contribution in [0.1, 0.15) is 34.0 Å². The number of fused-ring (bicyclic) bond motifs is 2. The van der Waals surface area contributed by atoms with E-state index in [2.05, 4.69) is 15.5 Å². The maximum Gasteiger partial charge on any atom is 0.416 e. The molecular weight excluding hydrogens is 321 g/mol. The number of aromatic nitrogens is 2. The maximum atomic E-state index is 13.2. The fourth-order valence-corrected chi connectivity index (χ4v) is 3.46. The van der Waals surface area contributed by atoms with Crippen molar-refractivity contribution in [2.75, 3.05) is 6.54 Å². The first-order valence-electron chi connectivity index (χ1n) is 7.67. The summed E-state index contributed by atoms with van der Waals surface area (Å²) in [6, 6.07) is 3.66. The molecule has 0 aliphatic carbocycles. The number of carbonyl (C=O) groups excluding carboxylic acids is 1. The summed E-state index contributed by atoms with van der Waals surface area (Å²) in [5.41, 5.74) is 1.84. The Morgan fingerprint density at radius 3 is 2.96 bits per heavy atom. The second-order valence-corrected chi connectivity index (χ2v) is 6.07. The summed E-state index contributed by atoms with van der Waals surface area (Å²) in [4.78, 5) is 14.3. The topological polar surface area (TPSA) is 61.0 Å². The van der Waals surface area contributed by atoms with Gasteiger partial charge in [0, 0.05) is 25.2 Å². The van der Waals surface area contributed by atoms with E-state index in [1.807, 2.05) is 0 Å². The number of hydrogen-bond donors (Lipinski definition) is 2. The third kappa shape index (κ3) is 2.37. The van der Waals surface area contributed by atoms with E-state index in [1.165, 1.54) is 11.0 Å². The molecule has 0 fully saturated rings. The molecule has 24 heavy (non-hydrogen) atoms. The first-order chi connectivity index (χ1) is 11.4. The van der Waals surface area contributed by atoms with Crippen molar-refractivity contribution in [2.45, 2.75) is 31.7 Å². The Balaban J connectivity index is 1.62. The van der Waals surface area contributed by atoms with Crippen LogP contribution in [-0.4, -0.2) is 27.5 Å². The van der Waals surface area contributed by atoms with Crippen molar-refractivity contribution in [2.24, 2.45) is 0 Å². The normalized spacial score (nSPS) is 20.0. The molecule has 8 heteroatoms. The summed E-state index contributed by atoms with van der Waals surface area (Å²) in [7, 11) is 0. The minimum atomic E-state index is -4.42. The number of alkyl halides is 3. The summed E-state index contributed by atoms with van der Waals surface area (Å²) in [6.45, 7) is 0.900. The number of hydrogen-bond acceptors (Lipinski definition) is 3. The summed E-state index contributed by atoms with van der Waals surface area (Å²) in [6.07, 6.45) is -2.40. The van der Waals surface area contributed by atoms with Gasteiger partial charge in [-0.25, -0.2) is 0 Å². The van der Waals surface area contributed by atoms with Gasteiger partial charge in [-0.15, -0.1) is 0 Å². The molecular formula is C16H15F3N4O. The number of amides is 1. The van der Waals surface area contributed by atoms with E-state index < -0.39 is 17.8 Å². The van der Waals surface area contributed by atoms with Gasteiger partial charge in [0.1, 0.15) is 6.04 Å². The van der Waals surface area contributed by atoms with Crippen molar-refractivity contribution in [3.63, 3.8) is 0 Å². The third-order valence-corrected chi connectivity index (χ3v) is 4.68. The van der Waals surface area contributed by atoms with Crippen LogP contribution in [0.3, 0.4) is 0 Å². The summed E-state index contributed by atoms with van der Waals surface area (Å²) >= 11 is 0. The van der Waals surface area contributed by atoms with Crippen molar-refractivity contribution in [3.05, 3.63) is 52.3 Å². The number of H-pyrrole nitrogens is 1. The molecule has 0 bridgehead atoms. The lowest BCUT2D eigenvalue weighted by molar-refractivity contribution is -0.141. The molecule has 5 nitrogen and oxygen atoms in total. The lowest BCUT2D eigenvalue weighted by atomic mass is 9.94. The number of rotatable bonds is 1. The van der Waals surface area contributed by atoms with Crippen molar-refractivity contribution < 1.29 is 18.0 Å². The van der Waals surface area contributed by atoms with Gasteiger partial charge < -0.3 is 4.90 Å². The quantitative estimate of drug-likeness (QED) is 0.839. The van der Waals surface area contributed by atoms with Gasteiger partial charge in [-0.2, -0.15) is 18.3 Å². The number of carbonyl (C=O) groups is 1. The highest BCUT2D eigenvalue weighted by Crippen LogP contribution is 2.36. The monoisotopic (exact) mass is 336 g/mol. The largest absolute Gasteiger partial charge is 0.416 e. The molecule has 2 aliphatic heterocycles. The lowest BCUT2D eigenvalue weighted by Crippen LogP contribution is -2.42. The van der Waals surface area contributed by atoms with Crippen LogP contribution in [-0.2, 0) is 30.5 Å². The van der Waals surface area contributed by atoms with Gasteiger partial charge in [-0.1, -0.05) is 12.1 Å². The van der Waals surface area contributed by atoms with Crippen LogP contribution >= 0.6 is 0 Å². The van der Waals surface area contributed by atoms with E-state index >= 15 is 0 Å². The Morgan fingerprint density at radius 2 is 2.17 bits per heavy atom. The molecule has 2 aromatic rings. The highest BCUT2D eigenvalue weighted by Gasteiger charge is 2.38. The molecule has 1 aromatic heterocycles. The van der Waals surface area contributed by atoms with Crippen molar-refractivity contribution in [1.82, 2.24) is 20.4 Å². The Kier molecular flexibility index (Phi) is 3.38. The fraction of sp³-hybridized carbons (Fsp3) is 0.375. The van der Waals surface area contributed by atoms with E-state index in [0.29, 0.717) is 25.1 Å². The molecule has 1 atom stereocenters. The number of nitrogens with one attached hydrogen (secondary N) is 2. The standard InChI is InChI=1S/C16H15F3N4O/c17-16(18,19)12-3-1-2-9-4-5-23(8-11(9)12)15(24)14-10-6-21-22-13(10)7-20-14/h1-3,6,14,20H,4-5,7-8H2,(H,21,22). The Labute approximate surface area is 135 Å². The zero-order valence-corrected chi connectivity index (χ0v) is 12.7. The van der Waals surface area contributed by atoms with Gasteiger partial charge in [0.25, 0.3) is 0 Å². The molecule has 0 radical (unpaired) electrons. The van der Waals surface area contributed by atoms with E-state index in [-0.39, 0.29) is 18.0 Å². The van der Waals surface area contributed by atoms with Gasteiger partial charge in [0.15, 0.2) is 0 Å². The van der Waals surface area contributed by atoms with Crippen molar-refractivity contribution >= 4 is 5.91 Å². The van der Waals surface area contributed by atoms with Crippen LogP contribution in [0.5, 0.6) is 0 Å². The third-order valence-electron chi connectivity index (χ3n) is 4.68. The fourth-order valence-electron chi connectivity index (χ4n) is 3.46. The molecule has 1 amide bonds. The molecule has 2 aliphatic rings. The van der Waals surface area contributed by atoms with E-state index in [4.69, 9.17) is 0 Å². The minimum absolute atomic E-state index is 0.0186. The molecule has 1 unspecified atom stereocenters. The lowest BCUT2D eigenvalue weighted by Gasteiger charge is -2.32. The first-order valence-corrected chi connectivity index (χ1v) is 7.67. The number of benzene rings is 1. The molecule has 0 saturated heterocycles. The Morgan fingerprint density at radius 1 is 1.33 bits per heavy atom. The second-order valence-electron chi connectivity index (χ2n) is 6.07. The Bertz CT molecular complexity index is 799. The summed E-state index contributed by atoms with van der Waals surface area (Å²) in [5.74, 6) is -0.210. The van der Waals surface area contributed by atoms with Crippen LogP contribution in [0.4, 0.5) is 13.2 Å². The zero-order chi connectivity index (χ0) is 16.9. The predicted molar refractivity (Wildman–Crippen MR) is 78.7 cm³/mol. The van der Waals surface area contributed by atoms with Crippen LogP contribution in [0.25, 0.3) is 0 Å². The zero-order valence-electron chi connectivity index (χ0n) is 12.7. The molecule has 126 valence electrons. The second kappa shape index (κ2) is 5.34. The van der Waals surface area contributed by atoms with Gasteiger partial charge >= 0.3 is 6.18 Å². The maximum absolute atomic E-state index is 13.2. The van der Waals surface area contributed by atoms with Crippen molar-refractivity contribution in [1.29, 1.82) is 0 Å².